The second-order valence-electron chi connectivity index (χ2n) is 9.70. The van der Waals surface area contributed by atoms with Crippen molar-refractivity contribution in [3.63, 3.8) is 0 Å². The number of ether oxygens (including phenoxy) is 2. The Kier molecular flexibility index (Phi) is 8.52. The SMILES string of the molecule is CSCOC(C(=O)OC1CC2CCC(C1)[N+]21CCCC1)(c1ccccc1)c1ccccc1.O=C[O-]. The molecule has 3 aliphatic rings. The van der Waals surface area contributed by atoms with Crippen molar-refractivity contribution < 1.29 is 28.7 Å². The van der Waals surface area contributed by atoms with Gasteiger partial charge in [-0.15, -0.1) is 11.8 Å². The summed E-state index contributed by atoms with van der Waals surface area (Å²) in [6.45, 7) is 2.15. The summed E-state index contributed by atoms with van der Waals surface area (Å²) < 4.78 is 14.1. The first-order valence-corrected chi connectivity index (χ1v) is 13.9. The van der Waals surface area contributed by atoms with Gasteiger partial charge in [-0.25, -0.2) is 4.79 Å². The van der Waals surface area contributed by atoms with Crippen molar-refractivity contribution >= 4 is 24.2 Å². The summed E-state index contributed by atoms with van der Waals surface area (Å²) in [5, 5.41) is 8.25. The number of hydrogen-bond acceptors (Lipinski definition) is 6. The van der Waals surface area contributed by atoms with E-state index in [9.17, 15) is 4.79 Å². The van der Waals surface area contributed by atoms with Crippen molar-refractivity contribution in [3.05, 3.63) is 71.8 Å². The smallest absolute Gasteiger partial charge is 0.348 e. The normalized spacial score (nSPS) is 24.4. The number of rotatable bonds is 7. The molecule has 0 N–H and O–H groups in total. The number of carbonyl (C=O) groups is 2. The first-order valence-electron chi connectivity index (χ1n) is 12.5. The van der Waals surface area contributed by atoms with Gasteiger partial charge in [-0.05, 0) is 17.4 Å². The molecule has 2 aromatic rings. The number of esters is 1. The minimum absolute atomic E-state index is 0.0194. The largest absolute Gasteiger partial charge is 0.554 e. The lowest BCUT2D eigenvalue weighted by atomic mass is 9.85. The van der Waals surface area contributed by atoms with Crippen LogP contribution in [-0.4, -0.2) is 60.4 Å². The third kappa shape index (κ3) is 4.99. The van der Waals surface area contributed by atoms with Crippen molar-refractivity contribution in [1.29, 1.82) is 0 Å². The highest BCUT2D eigenvalue weighted by atomic mass is 32.2. The zero-order valence-electron chi connectivity index (χ0n) is 20.3. The third-order valence-corrected chi connectivity index (χ3v) is 8.42. The lowest BCUT2D eigenvalue weighted by Gasteiger charge is -2.47. The van der Waals surface area contributed by atoms with Gasteiger partial charge in [0.25, 0.3) is 0 Å². The Labute approximate surface area is 212 Å². The molecular weight excluding hydrogens is 462 g/mol. The predicted octanol–water partition coefficient (Wildman–Crippen LogP) is 3.48. The average molecular weight is 498 g/mol. The van der Waals surface area contributed by atoms with E-state index in [4.69, 9.17) is 19.4 Å². The molecule has 2 unspecified atom stereocenters. The van der Waals surface area contributed by atoms with Gasteiger partial charge in [0.05, 0.1) is 31.1 Å². The van der Waals surface area contributed by atoms with Crippen molar-refractivity contribution in [2.45, 2.75) is 62.3 Å². The maximum atomic E-state index is 14.0. The van der Waals surface area contributed by atoms with Crippen LogP contribution < -0.4 is 5.11 Å². The Morgan fingerprint density at radius 2 is 1.49 bits per heavy atom. The molecule has 2 atom stereocenters. The number of thioether (sulfide) groups is 1. The first kappa shape index (κ1) is 25.7. The molecule has 0 saturated carbocycles. The molecule has 0 radical (unpaired) electrons. The highest BCUT2D eigenvalue weighted by Gasteiger charge is 2.56. The van der Waals surface area contributed by atoms with Crippen LogP contribution in [0.25, 0.3) is 0 Å². The molecule has 1 spiro atoms. The van der Waals surface area contributed by atoms with Crippen LogP contribution in [0.3, 0.4) is 0 Å². The fraction of sp³-hybridized carbons (Fsp3) is 0.500. The minimum Gasteiger partial charge on any atom is -0.554 e. The predicted molar refractivity (Wildman–Crippen MR) is 134 cm³/mol. The van der Waals surface area contributed by atoms with Gasteiger partial charge in [0.1, 0.15) is 6.10 Å². The van der Waals surface area contributed by atoms with Crippen molar-refractivity contribution in [2.75, 3.05) is 25.3 Å². The van der Waals surface area contributed by atoms with E-state index in [-0.39, 0.29) is 12.1 Å². The van der Waals surface area contributed by atoms with Gasteiger partial charge in [0, 0.05) is 45.0 Å². The highest BCUT2D eigenvalue weighted by Crippen LogP contribution is 2.47. The van der Waals surface area contributed by atoms with Gasteiger partial charge in [0.2, 0.25) is 5.60 Å². The topological polar surface area (TPSA) is 75.7 Å². The van der Waals surface area contributed by atoms with Crippen LogP contribution in [0.5, 0.6) is 0 Å². The molecule has 188 valence electrons. The monoisotopic (exact) mass is 497 g/mol. The van der Waals surface area contributed by atoms with Gasteiger partial charge >= 0.3 is 5.97 Å². The van der Waals surface area contributed by atoms with Crippen LogP contribution in [0.15, 0.2) is 60.7 Å². The number of carboxylic acid groups (broad SMARTS) is 1. The molecular formula is C28H35NO5S. The van der Waals surface area contributed by atoms with Gasteiger partial charge in [-0.1, -0.05) is 60.7 Å². The molecule has 3 saturated heterocycles. The lowest BCUT2D eigenvalue weighted by Crippen LogP contribution is -2.60. The summed E-state index contributed by atoms with van der Waals surface area (Å²) in [5.74, 6) is 0.137. The summed E-state index contributed by atoms with van der Waals surface area (Å²) in [5.41, 5.74) is 0.404. The second kappa shape index (κ2) is 11.6. The zero-order valence-corrected chi connectivity index (χ0v) is 21.2. The molecule has 5 rings (SSSR count). The Balaban J connectivity index is 0.000000917. The lowest BCUT2D eigenvalue weighted by molar-refractivity contribution is -0.956. The summed E-state index contributed by atoms with van der Waals surface area (Å²) >= 11 is 1.57. The minimum atomic E-state index is -1.25. The first-order chi connectivity index (χ1) is 17.1. The Morgan fingerprint density at radius 3 is 1.94 bits per heavy atom. The molecule has 2 bridgehead atoms. The standard InChI is InChI=1S/C27H34NO3S.CH2O2/c1-32-20-30-27(21-10-4-2-5-11-21,22-12-6-3-7-13-22)26(29)31-25-18-23-14-15-24(19-25)28(23)16-8-9-17-28;2-1-3/h2-7,10-13,23-25H,8-9,14-20H2,1H3;1H,(H,2,3)/q+1;/p-1. The Bertz CT molecular complexity index is 908. The second-order valence-corrected chi connectivity index (χ2v) is 10.5. The van der Waals surface area contributed by atoms with E-state index < -0.39 is 12.1 Å². The molecule has 0 amide bonds. The van der Waals surface area contributed by atoms with Crippen LogP contribution >= 0.6 is 11.8 Å². The van der Waals surface area contributed by atoms with E-state index in [0.29, 0.717) is 18.0 Å². The molecule has 6 nitrogen and oxygen atoms in total. The molecule has 0 aromatic heterocycles. The van der Waals surface area contributed by atoms with Gasteiger partial charge in [-0.3, -0.25) is 0 Å². The van der Waals surface area contributed by atoms with E-state index >= 15 is 0 Å². The maximum Gasteiger partial charge on any atom is 0.348 e. The molecule has 3 fully saturated rings. The van der Waals surface area contributed by atoms with Gasteiger partial charge in [-0.2, -0.15) is 0 Å². The van der Waals surface area contributed by atoms with E-state index in [1.165, 1.54) is 43.3 Å². The number of nitrogens with zero attached hydrogens (tertiary/aromatic N) is 1. The van der Waals surface area contributed by atoms with Crippen molar-refractivity contribution in [2.24, 2.45) is 0 Å². The Morgan fingerprint density at radius 1 is 1.00 bits per heavy atom. The number of piperidine rings is 1. The van der Waals surface area contributed by atoms with Crippen LogP contribution in [-0.2, 0) is 24.7 Å². The number of carbonyl (C=O) groups excluding carboxylic acids is 2. The summed E-state index contributed by atoms with van der Waals surface area (Å²) in [6, 6.07) is 21.0. The number of quaternary nitrogens is 1. The highest BCUT2D eigenvalue weighted by molar-refractivity contribution is 7.98. The number of hydrogen-bond donors (Lipinski definition) is 0. The molecule has 3 heterocycles. The van der Waals surface area contributed by atoms with Crippen LogP contribution in [0, 0.1) is 0 Å². The molecule has 2 aromatic carbocycles. The van der Waals surface area contributed by atoms with Gasteiger partial charge < -0.3 is 23.9 Å². The average Bonchev–Trinajstić information content (AvgIpc) is 3.43. The van der Waals surface area contributed by atoms with Gasteiger partial charge in [0.15, 0.2) is 0 Å². The van der Waals surface area contributed by atoms with E-state index in [0.717, 1.165) is 24.0 Å². The maximum absolute atomic E-state index is 14.0. The fourth-order valence-electron chi connectivity index (χ4n) is 6.66. The summed E-state index contributed by atoms with van der Waals surface area (Å²) in [4.78, 5) is 22.3. The summed E-state index contributed by atoms with van der Waals surface area (Å²) in [6.07, 6.45) is 9.22. The van der Waals surface area contributed by atoms with E-state index in [1.54, 1.807) is 11.8 Å². The Hall–Kier alpha value is -2.35. The molecule has 35 heavy (non-hydrogen) atoms. The van der Waals surface area contributed by atoms with Crippen LogP contribution in [0.1, 0.15) is 49.7 Å². The summed E-state index contributed by atoms with van der Waals surface area (Å²) in [7, 11) is 0. The van der Waals surface area contributed by atoms with E-state index in [2.05, 4.69) is 0 Å². The molecule has 7 heteroatoms. The van der Waals surface area contributed by atoms with Crippen molar-refractivity contribution in [1.82, 2.24) is 0 Å². The third-order valence-electron chi connectivity index (χ3n) is 8.07. The fourth-order valence-corrected chi connectivity index (χ4v) is 6.96. The molecule has 0 aliphatic carbocycles. The van der Waals surface area contributed by atoms with Crippen molar-refractivity contribution in [3.8, 4) is 0 Å². The van der Waals surface area contributed by atoms with Crippen LogP contribution in [0.4, 0.5) is 0 Å². The number of benzene rings is 2. The molecule has 3 aliphatic heterocycles. The zero-order chi connectivity index (χ0) is 24.7. The van der Waals surface area contributed by atoms with Crippen LogP contribution in [0.2, 0.25) is 0 Å². The quantitative estimate of drug-likeness (QED) is 0.252. The van der Waals surface area contributed by atoms with E-state index in [1.807, 2.05) is 66.9 Å².